The molecule has 0 aromatic heterocycles. The van der Waals surface area contributed by atoms with Gasteiger partial charge in [0, 0.05) is 16.9 Å². The minimum Gasteiger partial charge on any atom is -0.454 e. The van der Waals surface area contributed by atoms with Gasteiger partial charge in [0.2, 0.25) is 12.7 Å². The largest absolute Gasteiger partial charge is 0.454 e. The number of hydrogen-bond acceptors (Lipinski definition) is 6. The summed E-state index contributed by atoms with van der Waals surface area (Å²) < 4.78 is 26.3. The number of benzene rings is 4. The summed E-state index contributed by atoms with van der Waals surface area (Å²) >= 11 is 0. The Hall–Kier alpha value is -5.24. The number of rotatable bonds is 4. The van der Waals surface area contributed by atoms with Crippen LogP contribution in [-0.2, 0) is 10.2 Å². The number of carbonyl (C=O) groups is 3. The lowest BCUT2D eigenvalue weighted by molar-refractivity contribution is -0.121. The molecule has 4 heterocycles. The molecule has 4 aliphatic heterocycles. The van der Waals surface area contributed by atoms with Gasteiger partial charge in [-0.3, -0.25) is 14.4 Å². The van der Waals surface area contributed by atoms with E-state index in [0.717, 1.165) is 5.56 Å². The maximum absolute atomic E-state index is 15.3. The van der Waals surface area contributed by atoms with E-state index in [1.54, 1.807) is 30.3 Å². The average Bonchev–Trinajstić information content (AvgIpc) is 3.70. The quantitative estimate of drug-likeness (QED) is 0.337. The summed E-state index contributed by atoms with van der Waals surface area (Å²) in [6.07, 6.45) is 3.81. The number of amides is 1. The summed E-state index contributed by atoms with van der Waals surface area (Å²) in [7, 11) is 0. The highest BCUT2D eigenvalue weighted by Gasteiger charge is 2.70. The molecule has 4 aliphatic rings. The predicted molar refractivity (Wildman–Crippen MR) is 153 cm³/mol. The third-order valence-electron chi connectivity index (χ3n) is 8.89. The average molecular weight is 559 g/mol. The molecule has 206 valence electrons. The third kappa shape index (κ3) is 3.17. The number of hydrogen-bond donors (Lipinski definition) is 1. The van der Waals surface area contributed by atoms with Crippen molar-refractivity contribution in [1.82, 2.24) is 0 Å². The zero-order valence-electron chi connectivity index (χ0n) is 22.1. The highest BCUT2D eigenvalue weighted by molar-refractivity contribution is 6.18. The lowest BCUT2D eigenvalue weighted by atomic mass is 9.64. The van der Waals surface area contributed by atoms with Crippen molar-refractivity contribution in [2.75, 3.05) is 17.0 Å². The van der Waals surface area contributed by atoms with Crippen molar-refractivity contribution in [2.45, 2.75) is 17.5 Å². The van der Waals surface area contributed by atoms with E-state index in [1.807, 2.05) is 59.5 Å². The Morgan fingerprint density at radius 1 is 0.881 bits per heavy atom. The van der Waals surface area contributed by atoms with Gasteiger partial charge in [0.25, 0.3) is 0 Å². The summed E-state index contributed by atoms with van der Waals surface area (Å²) in [4.78, 5) is 45.7. The van der Waals surface area contributed by atoms with Gasteiger partial charge < -0.3 is 19.7 Å². The van der Waals surface area contributed by atoms with E-state index >= 15 is 4.39 Å². The van der Waals surface area contributed by atoms with Crippen LogP contribution >= 0.6 is 0 Å². The zero-order chi connectivity index (χ0) is 28.6. The molecule has 1 saturated heterocycles. The topological polar surface area (TPSA) is 84.9 Å². The summed E-state index contributed by atoms with van der Waals surface area (Å²) in [6.45, 7) is 0.0297. The first-order valence-corrected chi connectivity index (χ1v) is 13.7. The van der Waals surface area contributed by atoms with Crippen molar-refractivity contribution in [3.63, 3.8) is 0 Å². The van der Waals surface area contributed by atoms with Gasteiger partial charge in [0.05, 0.1) is 17.5 Å². The monoisotopic (exact) mass is 558 g/mol. The van der Waals surface area contributed by atoms with Gasteiger partial charge in [0.1, 0.15) is 17.3 Å². The molecule has 1 amide bonds. The number of anilines is 2. The molecule has 0 aliphatic carbocycles. The summed E-state index contributed by atoms with van der Waals surface area (Å²) in [5.41, 5.74) is 1.37. The van der Waals surface area contributed by atoms with Crippen LogP contribution in [0, 0.1) is 11.7 Å². The highest BCUT2D eigenvalue weighted by Crippen LogP contribution is 2.58. The molecule has 0 radical (unpaired) electrons. The maximum atomic E-state index is 15.3. The number of ketones is 2. The molecule has 4 atom stereocenters. The fourth-order valence-electron chi connectivity index (χ4n) is 7.17. The van der Waals surface area contributed by atoms with E-state index < -0.39 is 40.8 Å². The second kappa shape index (κ2) is 8.88. The minimum atomic E-state index is -1.49. The van der Waals surface area contributed by atoms with Crippen LogP contribution in [0.25, 0.3) is 6.08 Å². The van der Waals surface area contributed by atoms with Gasteiger partial charge in [-0.15, -0.1) is 0 Å². The minimum absolute atomic E-state index is 0.0297. The summed E-state index contributed by atoms with van der Waals surface area (Å²) in [5, 5.41) is 2.99. The van der Waals surface area contributed by atoms with E-state index in [-0.39, 0.29) is 23.8 Å². The predicted octanol–water partition coefficient (Wildman–Crippen LogP) is 5.41. The van der Waals surface area contributed by atoms with Gasteiger partial charge >= 0.3 is 0 Å². The van der Waals surface area contributed by atoms with E-state index in [0.29, 0.717) is 28.4 Å². The number of nitrogens with one attached hydrogen (secondary N) is 1. The molecule has 8 rings (SSSR count). The number of Topliss-reactive ketones (excluding diaryl/α,β-unsaturated/α-hetero) is 2. The molecule has 0 unspecified atom stereocenters. The molecule has 1 spiro atoms. The molecule has 42 heavy (non-hydrogen) atoms. The van der Waals surface area contributed by atoms with Crippen LogP contribution in [0.5, 0.6) is 11.5 Å². The van der Waals surface area contributed by atoms with Crippen molar-refractivity contribution in [3.8, 4) is 11.5 Å². The molecular formula is C34H23FN2O5. The lowest BCUT2D eigenvalue weighted by Crippen LogP contribution is -2.51. The Balaban J connectivity index is 1.42. The molecule has 4 aromatic carbocycles. The lowest BCUT2D eigenvalue weighted by Gasteiger charge is -2.37. The van der Waals surface area contributed by atoms with E-state index in [2.05, 4.69) is 5.32 Å². The Bertz CT molecular complexity index is 1870. The summed E-state index contributed by atoms with van der Waals surface area (Å²) in [6, 6.07) is 23.5. The fraction of sp³-hybridized carbons (Fsp3) is 0.147. The first-order chi connectivity index (χ1) is 20.5. The second-order valence-corrected chi connectivity index (χ2v) is 10.8. The molecule has 1 N–H and O–H groups in total. The third-order valence-corrected chi connectivity index (χ3v) is 8.89. The van der Waals surface area contributed by atoms with Crippen LogP contribution in [-0.4, -0.2) is 36.4 Å². The highest BCUT2D eigenvalue weighted by atomic mass is 19.1. The Morgan fingerprint density at radius 2 is 1.64 bits per heavy atom. The second-order valence-electron chi connectivity index (χ2n) is 10.8. The van der Waals surface area contributed by atoms with Crippen LogP contribution in [0.1, 0.15) is 31.8 Å². The van der Waals surface area contributed by atoms with Gasteiger partial charge in [-0.25, -0.2) is 4.39 Å². The molecule has 7 nitrogen and oxygen atoms in total. The van der Waals surface area contributed by atoms with Gasteiger partial charge in [0.15, 0.2) is 23.1 Å². The standard InChI is InChI=1S/C34H23FN2O5/c35-23-10-4-2-8-21(23)32(39)30-29(31(38)20-13-15-26-27(17-20)42-18-41-26)34(22-9-3-5-11-24(22)36-33(34)40)28-16-14-19-7-1-6-12-25(19)37(28)30/h1-17,28-30H,18H2,(H,36,40)/t28-,29-,30+,34+/m1/s1. The SMILES string of the molecule is O=C(c1ccccc1F)[C@@H]1[C@H](C(=O)c2ccc3c(c2)OCO3)[C@@]2(C(=O)Nc3ccccc32)[C@H]2C=Cc3ccccc3N12. The number of fused-ring (bicyclic) bond motifs is 7. The first-order valence-electron chi connectivity index (χ1n) is 13.7. The first kappa shape index (κ1) is 24.5. The van der Waals surface area contributed by atoms with Gasteiger partial charge in [-0.1, -0.05) is 60.7 Å². The fourth-order valence-corrected chi connectivity index (χ4v) is 7.17. The normalized spacial score (nSPS) is 24.3. The van der Waals surface area contributed by atoms with Crippen LogP contribution in [0.3, 0.4) is 0 Å². The number of halogens is 1. The number of nitrogens with zero attached hydrogens (tertiary/aromatic N) is 1. The van der Waals surface area contributed by atoms with E-state index in [1.165, 1.54) is 18.2 Å². The van der Waals surface area contributed by atoms with Crippen LogP contribution in [0.15, 0.2) is 97.1 Å². The van der Waals surface area contributed by atoms with Crippen molar-refractivity contribution in [3.05, 3.63) is 125 Å². The summed E-state index contributed by atoms with van der Waals surface area (Å²) in [5.74, 6) is -2.37. The van der Waals surface area contributed by atoms with Crippen molar-refractivity contribution in [2.24, 2.45) is 5.92 Å². The molecule has 0 bridgehead atoms. The van der Waals surface area contributed by atoms with Crippen LogP contribution in [0.2, 0.25) is 0 Å². The van der Waals surface area contributed by atoms with Gasteiger partial charge in [-0.2, -0.15) is 0 Å². The maximum Gasteiger partial charge on any atom is 0.238 e. The molecular weight excluding hydrogens is 535 g/mol. The Kier molecular flexibility index (Phi) is 5.19. The molecule has 1 fully saturated rings. The van der Waals surface area contributed by atoms with Crippen molar-refractivity contribution in [1.29, 1.82) is 0 Å². The Labute approximate surface area is 240 Å². The van der Waals surface area contributed by atoms with E-state index in [9.17, 15) is 14.4 Å². The van der Waals surface area contributed by atoms with Crippen LogP contribution < -0.4 is 19.7 Å². The molecule has 0 saturated carbocycles. The van der Waals surface area contributed by atoms with Crippen molar-refractivity contribution < 1.29 is 28.2 Å². The Morgan fingerprint density at radius 3 is 2.52 bits per heavy atom. The number of para-hydroxylation sites is 2. The van der Waals surface area contributed by atoms with Crippen LogP contribution in [0.4, 0.5) is 15.8 Å². The van der Waals surface area contributed by atoms with Gasteiger partial charge in [-0.05, 0) is 53.6 Å². The van der Waals surface area contributed by atoms with Crippen molar-refractivity contribution >= 4 is 34.9 Å². The van der Waals surface area contributed by atoms with E-state index in [4.69, 9.17) is 9.47 Å². The number of carbonyl (C=O) groups excluding carboxylic acids is 3. The zero-order valence-corrected chi connectivity index (χ0v) is 22.1. The number of ether oxygens (including phenoxy) is 2. The smallest absolute Gasteiger partial charge is 0.238 e. The molecule has 8 heteroatoms. The molecule has 4 aromatic rings.